The summed E-state index contributed by atoms with van der Waals surface area (Å²) in [5.41, 5.74) is 2.77. The summed E-state index contributed by atoms with van der Waals surface area (Å²) in [6.07, 6.45) is 1.20. The number of nitrogens with zero attached hydrogens (tertiary/aromatic N) is 1. The summed E-state index contributed by atoms with van der Waals surface area (Å²) in [7, 11) is 2.06. The summed E-state index contributed by atoms with van der Waals surface area (Å²) in [6, 6.07) is 7.19. The molecule has 1 aromatic rings. The highest BCUT2D eigenvalue weighted by Crippen LogP contribution is 2.35. The number of hydrogen-bond donors (Lipinski definition) is 1. The van der Waals surface area contributed by atoms with Gasteiger partial charge in [-0.05, 0) is 51.9 Å². The molecule has 2 nitrogen and oxygen atoms in total. The third kappa shape index (κ3) is 2.23. The van der Waals surface area contributed by atoms with Crippen LogP contribution in [0.5, 0.6) is 0 Å². The van der Waals surface area contributed by atoms with Gasteiger partial charge in [0.25, 0.3) is 0 Å². The number of nitrogens with one attached hydrogen (secondary N) is 1. The van der Waals surface area contributed by atoms with Gasteiger partial charge in [-0.15, -0.1) is 0 Å². The Morgan fingerprint density at radius 3 is 2.65 bits per heavy atom. The molecular formula is C14H21BrN2. The van der Waals surface area contributed by atoms with E-state index in [1.807, 2.05) is 0 Å². The van der Waals surface area contributed by atoms with Crippen LogP contribution in [0.25, 0.3) is 0 Å². The third-order valence-corrected chi connectivity index (χ3v) is 4.86. The van der Waals surface area contributed by atoms with Crippen LogP contribution in [-0.4, -0.2) is 25.2 Å². The Hall–Kier alpha value is -0.540. The molecule has 1 unspecified atom stereocenters. The fourth-order valence-electron chi connectivity index (χ4n) is 2.80. The van der Waals surface area contributed by atoms with Gasteiger partial charge in [0.1, 0.15) is 0 Å². The van der Waals surface area contributed by atoms with Crippen LogP contribution in [0.1, 0.15) is 25.8 Å². The van der Waals surface area contributed by atoms with Crippen LogP contribution in [-0.2, 0) is 0 Å². The van der Waals surface area contributed by atoms with Gasteiger partial charge in [-0.1, -0.05) is 22.0 Å². The minimum atomic E-state index is 0.170. The third-order valence-electron chi connectivity index (χ3n) is 4.01. The van der Waals surface area contributed by atoms with Gasteiger partial charge in [0, 0.05) is 28.3 Å². The van der Waals surface area contributed by atoms with Gasteiger partial charge in [0.2, 0.25) is 0 Å². The molecule has 1 heterocycles. The summed E-state index contributed by atoms with van der Waals surface area (Å²) in [4.78, 5) is 2.50. The van der Waals surface area contributed by atoms with Crippen molar-refractivity contribution in [1.82, 2.24) is 5.32 Å². The van der Waals surface area contributed by atoms with E-state index >= 15 is 0 Å². The molecule has 0 aromatic heterocycles. The van der Waals surface area contributed by atoms with Crippen LogP contribution in [0.15, 0.2) is 22.7 Å². The lowest BCUT2D eigenvalue weighted by Gasteiger charge is -2.37. The molecule has 3 heteroatoms. The smallest absolute Gasteiger partial charge is 0.0499 e. The molecule has 0 aliphatic carbocycles. The lowest BCUT2D eigenvalue weighted by Crippen LogP contribution is -2.50. The average molecular weight is 297 g/mol. The molecule has 0 spiro atoms. The average Bonchev–Trinajstić information content (AvgIpc) is 2.57. The quantitative estimate of drug-likeness (QED) is 0.900. The highest BCUT2D eigenvalue weighted by molar-refractivity contribution is 9.10. The molecule has 2 rings (SSSR count). The van der Waals surface area contributed by atoms with E-state index in [0.717, 1.165) is 6.54 Å². The Morgan fingerprint density at radius 1 is 1.41 bits per heavy atom. The zero-order valence-electron chi connectivity index (χ0n) is 11.0. The van der Waals surface area contributed by atoms with Crippen LogP contribution in [0.4, 0.5) is 5.69 Å². The Morgan fingerprint density at radius 2 is 2.12 bits per heavy atom. The zero-order valence-corrected chi connectivity index (χ0v) is 12.6. The van der Waals surface area contributed by atoms with E-state index in [1.54, 1.807) is 0 Å². The number of hydrogen-bond acceptors (Lipinski definition) is 2. The van der Waals surface area contributed by atoms with Crippen molar-refractivity contribution < 1.29 is 0 Å². The van der Waals surface area contributed by atoms with E-state index in [2.05, 4.69) is 72.2 Å². The van der Waals surface area contributed by atoms with Gasteiger partial charge in [0.05, 0.1) is 0 Å². The number of halogens is 1. The topological polar surface area (TPSA) is 15.3 Å². The van der Waals surface area contributed by atoms with E-state index in [0.29, 0.717) is 6.04 Å². The number of likely N-dealkylation sites (N-methyl/N-ethyl adjacent to an activating group) is 1. The summed E-state index contributed by atoms with van der Waals surface area (Å²) < 4.78 is 1.19. The van der Waals surface area contributed by atoms with E-state index in [4.69, 9.17) is 0 Å². The van der Waals surface area contributed by atoms with Crippen molar-refractivity contribution >= 4 is 21.6 Å². The standard InChI is InChI=1S/C14H21BrN2/c1-10-5-6-11(9-12(10)15)17-8-7-13(16-4)14(17,2)3/h5-6,9,13,16H,7-8H2,1-4H3. The fraction of sp³-hybridized carbons (Fsp3) is 0.571. The van der Waals surface area contributed by atoms with Crippen molar-refractivity contribution in [3.05, 3.63) is 28.2 Å². The molecule has 94 valence electrons. The lowest BCUT2D eigenvalue weighted by atomic mass is 9.95. The van der Waals surface area contributed by atoms with Gasteiger partial charge in [0.15, 0.2) is 0 Å². The maximum atomic E-state index is 3.62. The summed E-state index contributed by atoms with van der Waals surface area (Å²) in [5.74, 6) is 0. The second-order valence-corrected chi connectivity index (χ2v) is 6.22. The largest absolute Gasteiger partial charge is 0.365 e. The highest BCUT2D eigenvalue weighted by atomic mass is 79.9. The van der Waals surface area contributed by atoms with Crippen LogP contribution in [0.3, 0.4) is 0 Å². The minimum absolute atomic E-state index is 0.170. The van der Waals surface area contributed by atoms with Gasteiger partial charge in [-0.25, -0.2) is 0 Å². The van der Waals surface area contributed by atoms with Crippen LogP contribution < -0.4 is 10.2 Å². The van der Waals surface area contributed by atoms with Crippen LogP contribution >= 0.6 is 15.9 Å². The SMILES string of the molecule is CNC1CCN(c2ccc(C)c(Br)c2)C1(C)C. The van der Waals surface area contributed by atoms with Crippen LogP contribution in [0, 0.1) is 6.92 Å². The number of aryl methyl sites for hydroxylation is 1. The van der Waals surface area contributed by atoms with Crippen molar-refractivity contribution in [3.8, 4) is 0 Å². The molecule has 1 atom stereocenters. The fourth-order valence-corrected chi connectivity index (χ4v) is 3.16. The van der Waals surface area contributed by atoms with Crippen molar-refractivity contribution in [2.75, 3.05) is 18.5 Å². The molecular weight excluding hydrogens is 276 g/mol. The molecule has 0 radical (unpaired) electrons. The molecule has 0 saturated carbocycles. The summed E-state index contributed by atoms with van der Waals surface area (Å²) in [6.45, 7) is 7.87. The Bertz CT molecular complexity index is 415. The monoisotopic (exact) mass is 296 g/mol. The molecule has 0 amide bonds. The van der Waals surface area contributed by atoms with E-state index in [1.165, 1.54) is 22.1 Å². The first-order valence-electron chi connectivity index (χ1n) is 6.18. The normalized spacial score (nSPS) is 23.1. The molecule has 1 aromatic carbocycles. The van der Waals surface area contributed by atoms with Crippen molar-refractivity contribution in [2.45, 2.75) is 38.8 Å². The predicted octanol–water partition coefficient (Wildman–Crippen LogP) is 3.33. The maximum absolute atomic E-state index is 3.62. The van der Waals surface area contributed by atoms with Crippen molar-refractivity contribution in [2.24, 2.45) is 0 Å². The molecule has 1 aliphatic rings. The van der Waals surface area contributed by atoms with E-state index in [-0.39, 0.29) is 5.54 Å². The number of rotatable bonds is 2. The molecule has 17 heavy (non-hydrogen) atoms. The highest BCUT2D eigenvalue weighted by Gasteiger charge is 2.40. The second kappa shape index (κ2) is 4.62. The second-order valence-electron chi connectivity index (χ2n) is 5.37. The Balaban J connectivity index is 2.32. The first-order chi connectivity index (χ1) is 7.96. The van der Waals surface area contributed by atoms with Crippen molar-refractivity contribution in [1.29, 1.82) is 0 Å². The molecule has 1 fully saturated rings. The van der Waals surface area contributed by atoms with E-state index < -0.39 is 0 Å². The first kappa shape index (κ1) is 12.9. The lowest BCUT2D eigenvalue weighted by molar-refractivity contribution is 0.403. The zero-order chi connectivity index (χ0) is 12.6. The van der Waals surface area contributed by atoms with Gasteiger partial charge in [-0.2, -0.15) is 0 Å². The Kier molecular flexibility index (Phi) is 3.50. The Labute approximate surface area is 113 Å². The molecule has 1 N–H and O–H groups in total. The molecule has 1 saturated heterocycles. The number of anilines is 1. The van der Waals surface area contributed by atoms with Gasteiger partial charge >= 0.3 is 0 Å². The number of benzene rings is 1. The maximum Gasteiger partial charge on any atom is 0.0499 e. The molecule has 1 aliphatic heterocycles. The van der Waals surface area contributed by atoms with Gasteiger partial charge in [-0.3, -0.25) is 0 Å². The minimum Gasteiger partial charge on any atom is -0.365 e. The van der Waals surface area contributed by atoms with Crippen LogP contribution in [0.2, 0.25) is 0 Å². The molecule has 0 bridgehead atoms. The summed E-state index contributed by atoms with van der Waals surface area (Å²) in [5, 5.41) is 3.43. The van der Waals surface area contributed by atoms with Crippen molar-refractivity contribution in [3.63, 3.8) is 0 Å². The summed E-state index contributed by atoms with van der Waals surface area (Å²) >= 11 is 3.62. The van der Waals surface area contributed by atoms with Gasteiger partial charge < -0.3 is 10.2 Å². The van der Waals surface area contributed by atoms with E-state index in [9.17, 15) is 0 Å². The first-order valence-corrected chi connectivity index (χ1v) is 6.97. The predicted molar refractivity (Wildman–Crippen MR) is 77.8 cm³/mol.